The predicted molar refractivity (Wildman–Crippen MR) is 97.0 cm³/mol. The van der Waals surface area contributed by atoms with Gasteiger partial charge >= 0.3 is 0 Å². The van der Waals surface area contributed by atoms with Gasteiger partial charge in [-0.15, -0.1) is 11.3 Å². The Kier molecular flexibility index (Phi) is 5.13. The first-order valence-corrected chi connectivity index (χ1v) is 8.57. The minimum Gasteiger partial charge on any atom is -0.487 e. The topological polar surface area (TPSA) is 51.2 Å². The van der Waals surface area contributed by atoms with E-state index in [1.165, 1.54) is 0 Å². The summed E-state index contributed by atoms with van der Waals surface area (Å²) in [5.41, 5.74) is 1.96. The molecule has 122 valence electrons. The maximum absolute atomic E-state index is 12.4. The van der Waals surface area contributed by atoms with Gasteiger partial charge in [-0.2, -0.15) is 0 Å². The first-order valence-electron chi connectivity index (χ1n) is 7.31. The average molecular weight is 359 g/mol. The normalized spacial score (nSPS) is 10.4. The molecule has 0 aliphatic carbocycles. The van der Waals surface area contributed by atoms with Gasteiger partial charge in [-0.25, -0.2) is 4.98 Å². The summed E-state index contributed by atoms with van der Waals surface area (Å²) in [6.45, 7) is 2.33. The lowest BCUT2D eigenvalue weighted by Gasteiger charge is -2.09. The van der Waals surface area contributed by atoms with E-state index >= 15 is 0 Å². The Morgan fingerprint density at radius 1 is 1.25 bits per heavy atom. The molecule has 0 bridgehead atoms. The Hall–Kier alpha value is -2.37. The Bertz CT molecular complexity index is 863. The second kappa shape index (κ2) is 7.47. The first kappa shape index (κ1) is 16.5. The number of anilines is 1. The van der Waals surface area contributed by atoms with Gasteiger partial charge in [0, 0.05) is 10.9 Å². The molecular formula is C18H15ClN2O2S. The number of aryl methyl sites for hydroxylation is 1. The number of para-hydroxylation sites is 1. The minimum absolute atomic E-state index is 0.238. The summed E-state index contributed by atoms with van der Waals surface area (Å²) in [5, 5.41) is 6.25. The maximum atomic E-state index is 12.4. The standard InChI is InChI=1S/C18H15ClN2O2S/c1-12-20-14(11-24-12)10-23-15-6-4-5-13(9-15)18(22)21-17-8-3-2-7-16(17)19/h2-9,11H,10H2,1H3,(H,21,22). The van der Waals surface area contributed by atoms with Crippen molar-refractivity contribution in [2.45, 2.75) is 13.5 Å². The fourth-order valence-electron chi connectivity index (χ4n) is 2.12. The summed E-state index contributed by atoms with van der Waals surface area (Å²) in [6, 6.07) is 14.1. The van der Waals surface area contributed by atoms with E-state index in [-0.39, 0.29) is 5.91 Å². The van der Waals surface area contributed by atoms with E-state index in [0.29, 0.717) is 28.6 Å². The van der Waals surface area contributed by atoms with Crippen LogP contribution in [-0.4, -0.2) is 10.9 Å². The van der Waals surface area contributed by atoms with Crippen LogP contribution in [0.3, 0.4) is 0 Å². The lowest BCUT2D eigenvalue weighted by atomic mass is 10.2. The molecule has 1 amide bonds. The molecule has 24 heavy (non-hydrogen) atoms. The van der Waals surface area contributed by atoms with Crippen molar-refractivity contribution in [3.63, 3.8) is 0 Å². The highest BCUT2D eigenvalue weighted by atomic mass is 35.5. The lowest BCUT2D eigenvalue weighted by Crippen LogP contribution is -2.12. The second-order valence-corrected chi connectivity index (χ2v) is 6.58. The van der Waals surface area contributed by atoms with Crippen LogP contribution in [0.25, 0.3) is 0 Å². The monoisotopic (exact) mass is 358 g/mol. The van der Waals surface area contributed by atoms with Gasteiger partial charge in [0.1, 0.15) is 12.4 Å². The lowest BCUT2D eigenvalue weighted by molar-refractivity contribution is 0.102. The number of hydrogen-bond donors (Lipinski definition) is 1. The molecule has 0 atom stereocenters. The molecule has 3 aromatic rings. The van der Waals surface area contributed by atoms with Crippen LogP contribution in [0.5, 0.6) is 5.75 Å². The van der Waals surface area contributed by atoms with Crippen molar-refractivity contribution in [1.29, 1.82) is 0 Å². The van der Waals surface area contributed by atoms with Crippen molar-refractivity contribution >= 4 is 34.5 Å². The highest BCUT2D eigenvalue weighted by Crippen LogP contribution is 2.22. The number of carbonyl (C=O) groups is 1. The number of ether oxygens (including phenoxy) is 1. The van der Waals surface area contributed by atoms with Crippen LogP contribution in [0.15, 0.2) is 53.9 Å². The van der Waals surface area contributed by atoms with Gasteiger partial charge in [0.25, 0.3) is 5.91 Å². The van der Waals surface area contributed by atoms with Crippen LogP contribution in [0.2, 0.25) is 5.02 Å². The highest BCUT2D eigenvalue weighted by Gasteiger charge is 2.09. The number of amides is 1. The van der Waals surface area contributed by atoms with E-state index in [4.69, 9.17) is 16.3 Å². The molecule has 0 radical (unpaired) electrons. The van der Waals surface area contributed by atoms with E-state index < -0.39 is 0 Å². The molecule has 0 fully saturated rings. The molecule has 0 unspecified atom stereocenters. The Balaban J connectivity index is 1.68. The molecule has 0 saturated carbocycles. The van der Waals surface area contributed by atoms with Crippen LogP contribution >= 0.6 is 22.9 Å². The van der Waals surface area contributed by atoms with Crippen molar-refractivity contribution in [2.24, 2.45) is 0 Å². The molecule has 1 N–H and O–H groups in total. The second-order valence-electron chi connectivity index (χ2n) is 5.11. The number of benzene rings is 2. The molecule has 1 aromatic heterocycles. The van der Waals surface area contributed by atoms with Gasteiger partial charge in [-0.05, 0) is 37.3 Å². The number of halogens is 1. The Morgan fingerprint density at radius 2 is 2.08 bits per heavy atom. The molecule has 3 rings (SSSR count). The molecule has 6 heteroatoms. The van der Waals surface area contributed by atoms with Crippen LogP contribution in [0, 0.1) is 6.92 Å². The third-order valence-electron chi connectivity index (χ3n) is 3.27. The smallest absolute Gasteiger partial charge is 0.255 e. The fraction of sp³-hybridized carbons (Fsp3) is 0.111. The Morgan fingerprint density at radius 3 is 2.83 bits per heavy atom. The molecule has 0 spiro atoms. The van der Waals surface area contributed by atoms with Gasteiger partial charge in [0.2, 0.25) is 0 Å². The zero-order valence-corrected chi connectivity index (χ0v) is 14.5. The average Bonchev–Trinajstić information content (AvgIpc) is 3.01. The molecule has 0 saturated heterocycles. The van der Waals surface area contributed by atoms with E-state index in [1.54, 1.807) is 41.7 Å². The molecule has 4 nitrogen and oxygen atoms in total. The van der Waals surface area contributed by atoms with Crippen molar-refractivity contribution in [1.82, 2.24) is 4.98 Å². The maximum Gasteiger partial charge on any atom is 0.255 e. The molecule has 2 aromatic carbocycles. The number of carbonyl (C=O) groups excluding carboxylic acids is 1. The Labute approximate surface area is 149 Å². The highest BCUT2D eigenvalue weighted by molar-refractivity contribution is 7.09. The number of hydrogen-bond acceptors (Lipinski definition) is 4. The van der Waals surface area contributed by atoms with Crippen molar-refractivity contribution < 1.29 is 9.53 Å². The fourth-order valence-corrected chi connectivity index (χ4v) is 2.90. The molecule has 0 aliphatic rings. The van der Waals surface area contributed by atoms with Crippen molar-refractivity contribution in [2.75, 3.05) is 5.32 Å². The summed E-state index contributed by atoms with van der Waals surface area (Å²) in [6.07, 6.45) is 0. The summed E-state index contributed by atoms with van der Waals surface area (Å²) in [4.78, 5) is 16.7. The first-order chi connectivity index (χ1) is 11.6. The molecular weight excluding hydrogens is 344 g/mol. The van der Waals surface area contributed by atoms with Crippen LogP contribution < -0.4 is 10.1 Å². The van der Waals surface area contributed by atoms with Gasteiger partial charge in [0.15, 0.2) is 0 Å². The summed E-state index contributed by atoms with van der Waals surface area (Å²) in [5.74, 6) is 0.380. The summed E-state index contributed by atoms with van der Waals surface area (Å²) in [7, 11) is 0. The van der Waals surface area contributed by atoms with Gasteiger partial charge in [0.05, 0.1) is 21.4 Å². The van der Waals surface area contributed by atoms with Gasteiger partial charge in [-0.1, -0.05) is 29.8 Å². The number of nitrogens with zero attached hydrogens (tertiary/aromatic N) is 1. The quantitative estimate of drug-likeness (QED) is 0.703. The number of rotatable bonds is 5. The zero-order chi connectivity index (χ0) is 16.9. The van der Waals surface area contributed by atoms with E-state index in [2.05, 4.69) is 10.3 Å². The van der Waals surface area contributed by atoms with Gasteiger partial charge < -0.3 is 10.1 Å². The summed E-state index contributed by atoms with van der Waals surface area (Å²) >= 11 is 7.64. The number of nitrogens with one attached hydrogen (secondary N) is 1. The largest absolute Gasteiger partial charge is 0.487 e. The summed E-state index contributed by atoms with van der Waals surface area (Å²) < 4.78 is 5.71. The SMILES string of the molecule is Cc1nc(COc2cccc(C(=O)Nc3ccccc3Cl)c2)cs1. The van der Waals surface area contributed by atoms with E-state index in [9.17, 15) is 4.79 Å². The van der Waals surface area contributed by atoms with E-state index in [0.717, 1.165) is 10.7 Å². The third-order valence-corrected chi connectivity index (χ3v) is 4.42. The minimum atomic E-state index is -0.238. The van der Waals surface area contributed by atoms with Gasteiger partial charge in [-0.3, -0.25) is 4.79 Å². The predicted octanol–water partition coefficient (Wildman–Crippen LogP) is 4.94. The number of aromatic nitrogens is 1. The molecule has 1 heterocycles. The van der Waals surface area contributed by atoms with E-state index in [1.807, 2.05) is 30.5 Å². The van der Waals surface area contributed by atoms with Crippen LogP contribution in [0.4, 0.5) is 5.69 Å². The number of thiazole rings is 1. The van der Waals surface area contributed by atoms with Crippen LogP contribution in [0.1, 0.15) is 21.1 Å². The molecule has 0 aliphatic heterocycles. The van der Waals surface area contributed by atoms with Crippen LogP contribution in [-0.2, 0) is 6.61 Å². The zero-order valence-electron chi connectivity index (χ0n) is 13.0. The van der Waals surface area contributed by atoms with Crippen molar-refractivity contribution in [3.05, 3.63) is 75.2 Å². The van der Waals surface area contributed by atoms with Crippen molar-refractivity contribution in [3.8, 4) is 5.75 Å². The third kappa shape index (κ3) is 4.13.